The van der Waals surface area contributed by atoms with Crippen LogP contribution in [0.15, 0.2) is 55.1 Å². The molecule has 39 heavy (non-hydrogen) atoms. The zero-order chi connectivity index (χ0) is 27.1. The van der Waals surface area contributed by atoms with Gasteiger partial charge in [-0.2, -0.15) is 5.10 Å². The van der Waals surface area contributed by atoms with Crippen molar-refractivity contribution < 1.29 is 14.2 Å². The van der Waals surface area contributed by atoms with E-state index in [1.807, 2.05) is 23.0 Å². The number of hydrogen-bond donors (Lipinski definition) is 1. The first-order valence-corrected chi connectivity index (χ1v) is 13.7. The second-order valence-corrected chi connectivity index (χ2v) is 10.8. The fourth-order valence-electron chi connectivity index (χ4n) is 6.07. The predicted molar refractivity (Wildman–Crippen MR) is 151 cm³/mol. The summed E-state index contributed by atoms with van der Waals surface area (Å²) in [5.74, 6) is 0.0946. The summed E-state index contributed by atoms with van der Waals surface area (Å²) in [7, 11) is 1.46. The fourth-order valence-corrected chi connectivity index (χ4v) is 6.07. The summed E-state index contributed by atoms with van der Waals surface area (Å²) in [5, 5.41) is 15.8. The zero-order valence-corrected chi connectivity index (χ0v) is 22.6. The molecule has 0 bridgehead atoms. The molecule has 2 saturated heterocycles. The first-order chi connectivity index (χ1) is 18.9. The molecule has 9 heteroatoms. The highest BCUT2D eigenvalue weighted by Crippen LogP contribution is 2.34. The highest BCUT2D eigenvalue weighted by Gasteiger charge is 2.28. The minimum Gasteiger partial charge on any atom is -0.494 e. The lowest BCUT2D eigenvalue weighted by molar-refractivity contribution is 0.105. The first-order valence-electron chi connectivity index (χ1n) is 13.7. The van der Waals surface area contributed by atoms with Crippen molar-refractivity contribution in [3.63, 3.8) is 0 Å². The molecule has 2 fully saturated rings. The Morgan fingerprint density at radius 3 is 2.62 bits per heavy atom. The number of aromatic nitrogens is 4. The van der Waals surface area contributed by atoms with Crippen molar-refractivity contribution in [2.75, 3.05) is 38.2 Å². The van der Waals surface area contributed by atoms with Crippen molar-refractivity contribution >= 4 is 22.2 Å². The standard InChI is InChI=1S/C30H35FN6O2/c1-19-5-10-35(13-8-28(38)20(19)2)21-6-11-36(12-7-21)22-16-33-30-25(17-34-37(30)18-22)23-4-9-32-27-15-26(31)29(39-3)14-24(23)27/h4,9,14-19,21,28,38H,2,5-8,10-13H2,1,3H3. The largest absolute Gasteiger partial charge is 0.494 e. The molecule has 2 atom stereocenters. The number of halogens is 1. The van der Waals surface area contributed by atoms with E-state index < -0.39 is 11.9 Å². The maximum atomic E-state index is 14.3. The van der Waals surface area contributed by atoms with Gasteiger partial charge in [-0.3, -0.25) is 4.98 Å². The van der Waals surface area contributed by atoms with E-state index in [9.17, 15) is 9.50 Å². The SMILES string of the molecule is C=C1C(C)CCN(C2CCN(c3cnc4c(-c5ccnc6cc(F)c(OC)cc56)cnn4c3)CC2)CCC1O. The minimum atomic E-state index is -0.439. The number of nitrogens with zero attached hydrogens (tertiary/aromatic N) is 6. The Morgan fingerprint density at radius 2 is 1.82 bits per heavy atom. The van der Waals surface area contributed by atoms with Gasteiger partial charge in [0.05, 0.1) is 43.0 Å². The number of ether oxygens (including phenoxy) is 1. The lowest BCUT2D eigenvalue weighted by Crippen LogP contribution is -2.47. The van der Waals surface area contributed by atoms with Gasteiger partial charge in [-0.05, 0) is 61.4 Å². The number of pyridine rings is 1. The number of methoxy groups -OCH3 is 1. The second kappa shape index (κ2) is 10.5. The molecule has 0 spiro atoms. The highest BCUT2D eigenvalue weighted by atomic mass is 19.1. The molecule has 8 nitrogen and oxygen atoms in total. The van der Waals surface area contributed by atoms with Gasteiger partial charge in [0.1, 0.15) is 0 Å². The molecular weight excluding hydrogens is 495 g/mol. The lowest BCUT2D eigenvalue weighted by atomic mass is 9.90. The first kappa shape index (κ1) is 25.7. The van der Waals surface area contributed by atoms with Gasteiger partial charge in [-0.25, -0.2) is 13.9 Å². The van der Waals surface area contributed by atoms with Crippen LogP contribution in [-0.2, 0) is 0 Å². The molecule has 1 N–H and O–H groups in total. The predicted octanol–water partition coefficient (Wildman–Crippen LogP) is 4.71. The molecule has 1 aromatic carbocycles. The van der Waals surface area contributed by atoms with Crippen molar-refractivity contribution in [1.82, 2.24) is 24.5 Å². The van der Waals surface area contributed by atoms with Crippen molar-refractivity contribution in [3.05, 3.63) is 61.0 Å². The van der Waals surface area contributed by atoms with E-state index in [0.29, 0.717) is 17.5 Å². The minimum absolute atomic E-state index is 0.179. The summed E-state index contributed by atoms with van der Waals surface area (Å²) >= 11 is 0. The van der Waals surface area contributed by atoms with Gasteiger partial charge in [0.2, 0.25) is 0 Å². The van der Waals surface area contributed by atoms with E-state index in [2.05, 4.69) is 33.4 Å². The van der Waals surface area contributed by atoms with E-state index >= 15 is 0 Å². The average Bonchev–Trinajstić information content (AvgIpc) is 3.38. The maximum absolute atomic E-state index is 14.3. The van der Waals surface area contributed by atoms with Crippen LogP contribution in [0.1, 0.15) is 32.6 Å². The third-order valence-electron chi connectivity index (χ3n) is 8.59. The summed E-state index contributed by atoms with van der Waals surface area (Å²) in [6.07, 6.45) is 11.0. The van der Waals surface area contributed by atoms with Crippen LogP contribution >= 0.6 is 0 Å². The van der Waals surface area contributed by atoms with Crippen LogP contribution in [0.2, 0.25) is 0 Å². The fraction of sp³-hybridized carbons (Fsp3) is 0.433. The molecule has 0 saturated carbocycles. The molecule has 2 unspecified atom stereocenters. The molecule has 3 aromatic heterocycles. The average molecular weight is 531 g/mol. The Hall–Kier alpha value is -3.56. The summed E-state index contributed by atoms with van der Waals surface area (Å²) in [5.41, 5.74) is 5.06. The van der Waals surface area contributed by atoms with Crippen molar-refractivity contribution in [1.29, 1.82) is 0 Å². The monoisotopic (exact) mass is 530 g/mol. The zero-order valence-electron chi connectivity index (χ0n) is 22.6. The number of piperidine rings is 1. The van der Waals surface area contributed by atoms with Crippen LogP contribution in [0.25, 0.3) is 27.7 Å². The number of fused-ring (bicyclic) bond motifs is 2. The van der Waals surface area contributed by atoms with Gasteiger partial charge in [-0.15, -0.1) is 0 Å². The molecule has 6 rings (SSSR count). The summed E-state index contributed by atoms with van der Waals surface area (Å²) in [6.45, 7) is 10.2. The smallest absolute Gasteiger partial charge is 0.167 e. The van der Waals surface area contributed by atoms with Gasteiger partial charge < -0.3 is 19.6 Å². The van der Waals surface area contributed by atoms with Crippen LogP contribution in [0.5, 0.6) is 5.75 Å². The van der Waals surface area contributed by atoms with Gasteiger partial charge >= 0.3 is 0 Å². The molecule has 2 aliphatic rings. The van der Waals surface area contributed by atoms with E-state index in [0.717, 1.165) is 85.3 Å². The molecule has 2 aliphatic heterocycles. The lowest BCUT2D eigenvalue weighted by Gasteiger charge is -2.41. The number of benzene rings is 1. The number of rotatable bonds is 4. The highest BCUT2D eigenvalue weighted by molar-refractivity contribution is 5.98. The van der Waals surface area contributed by atoms with Gasteiger partial charge in [0.25, 0.3) is 0 Å². The molecule has 0 radical (unpaired) electrons. The van der Waals surface area contributed by atoms with Crippen LogP contribution in [0.4, 0.5) is 10.1 Å². The van der Waals surface area contributed by atoms with Crippen LogP contribution < -0.4 is 9.64 Å². The van der Waals surface area contributed by atoms with Gasteiger partial charge in [0.15, 0.2) is 17.2 Å². The Morgan fingerprint density at radius 1 is 1.03 bits per heavy atom. The Labute approximate surface area is 227 Å². The van der Waals surface area contributed by atoms with E-state index in [1.165, 1.54) is 13.2 Å². The molecule has 0 aliphatic carbocycles. The summed E-state index contributed by atoms with van der Waals surface area (Å²) in [4.78, 5) is 14.1. The number of aliphatic hydroxyl groups excluding tert-OH is 1. The van der Waals surface area contributed by atoms with Crippen LogP contribution in [0, 0.1) is 11.7 Å². The van der Waals surface area contributed by atoms with Crippen LogP contribution in [0.3, 0.4) is 0 Å². The third kappa shape index (κ3) is 4.85. The molecule has 0 amide bonds. The topological polar surface area (TPSA) is 79.0 Å². The Bertz CT molecular complexity index is 1500. The number of likely N-dealkylation sites (tertiary alicyclic amines) is 1. The molecule has 204 valence electrons. The quantitative estimate of drug-likeness (QED) is 0.383. The van der Waals surface area contributed by atoms with E-state index in [4.69, 9.17) is 9.72 Å². The second-order valence-electron chi connectivity index (χ2n) is 10.8. The Balaban J connectivity index is 1.19. The molecule has 5 heterocycles. The summed E-state index contributed by atoms with van der Waals surface area (Å²) < 4.78 is 21.3. The third-order valence-corrected chi connectivity index (χ3v) is 8.59. The molecule has 4 aromatic rings. The number of aliphatic hydroxyl groups is 1. The molecular formula is C30H35FN6O2. The van der Waals surface area contributed by atoms with Gasteiger partial charge in [0, 0.05) is 48.9 Å². The number of anilines is 1. The maximum Gasteiger partial charge on any atom is 0.167 e. The van der Waals surface area contributed by atoms with Crippen molar-refractivity contribution in [3.8, 4) is 16.9 Å². The normalized spacial score (nSPS) is 21.8. The van der Waals surface area contributed by atoms with Gasteiger partial charge in [-0.1, -0.05) is 13.5 Å². The van der Waals surface area contributed by atoms with E-state index in [1.54, 1.807) is 18.5 Å². The van der Waals surface area contributed by atoms with Crippen LogP contribution in [-0.4, -0.2) is 75.0 Å². The Kier molecular flexibility index (Phi) is 6.95. The van der Waals surface area contributed by atoms with Crippen molar-refractivity contribution in [2.45, 2.75) is 44.8 Å². The van der Waals surface area contributed by atoms with Crippen molar-refractivity contribution in [2.24, 2.45) is 5.92 Å². The number of hydrogen-bond acceptors (Lipinski definition) is 7. The van der Waals surface area contributed by atoms with E-state index in [-0.39, 0.29) is 5.75 Å². The summed E-state index contributed by atoms with van der Waals surface area (Å²) in [6, 6.07) is 5.50.